The lowest BCUT2D eigenvalue weighted by atomic mass is 10.0. The molecule has 5 nitrogen and oxygen atoms in total. The molecule has 0 aromatic carbocycles. The van der Waals surface area contributed by atoms with Crippen LogP contribution in [0.15, 0.2) is 0 Å². The molecule has 1 atom stereocenters. The van der Waals surface area contributed by atoms with Crippen LogP contribution in [0.1, 0.15) is 79.1 Å². The van der Waals surface area contributed by atoms with Gasteiger partial charge in [-0.3, -0.25) is 4.90 Å². The predicted molar refractivity (Wildman–Crippen MR) is 97.0 cm³/mol. The molecule has 0 rings (SSSR count). The summed E-state index contributed by atoms with van der Waals surface area (Å²) < 4.78 is 10.4. The van der Waals surface area contributed by atoms with Gasteiger partial charge in [-0.25, -0.2) is 9.59 Å². The second-order valence-corrected chi connectivity index (χ2v) is 6.74. The van der Waals surface area contributed by atoms with Crippen molar-refractivity contribution in [3.05, 3.63) is 0 Å². The number of nitrogens with zero attached hydrogens (tertiary/aromatic N) is 1. The summed E-state index contributed by atoms with van der Waals surface area (Å²) in [5, 5.41) is 0. The van der Waals surface area contributed by atoms with Crippen LogP contribution in [0.25, 0.3) is 0 Å². The summed E-state index contributed by atoms with van der Waals surface area (Å²) in [5.41, 5.74) is 0. The van der Waals surface area contributed by atoms with Crippen LogP contribution in [0.2, 0.25) is 0 Å². The van der Waals surface area contributed by atoms with Gasteiger partial charge in [0.25, 0.3) is 0 Å². The van der Waals surface area contributed by atoms with E-state index in [-0.39, 0.29) is 11.9 Å². The number of esters is 1. The molecule has 0 aliphatic rings. The third-order valence-corrected chi connectivity index (χ3v) is 3.98. The van der Waals surface area contributed by atoms with Gasteiger partial charge in [-0.2, -0.15) is 0 Å². The van der Waals surface area contributed by atoms with Gasteiger partial charge in [-0.1, -0.05) is 59.3 Å². The highest BCUT2D eigenvalue weighted by Gasteiger charge is 2.29. The molecule has 0 aromatic rings. The number of ether oxygens (including phenoxy) is 2. The van der Waals surface area contributed by atoms with Crippen LogP contribution in [0.4, 0.5) is 4.79 Å². The van der Waals surface area contributed by atoms with Gasteiger partial charge in [0.1, 0.15) is 6.04 Å². The van der Waals surface area contributed by atoms with Crippen molar-refractivity contribution in [2.24, 2.45) is 5.92 Å². The summed E-state index contributed by atoms with van der Waals surface area (Å²) >= 11 is 0. The predicted octanol–water partition coefficient (Wildman–Crippen LogP) is 4.78. The molecule has 5 heteroatoms. The number of hydrogen-bond acceptors (Lipinski definition) is 4. The van der Waals surface area contributed by atoms with Gasteiger partial charge >= 0.3 is 12.1 Å². The molecule has 1 amide bonds. The summed E-state index contributed by atoms with van der Waals surface area (Å²) in [5.74, 6) is -0.0387. The zero-order chi connectivity index (χ0) is 18.4. The fourth-order valence-corrected chi connectivity index (χ4v) is 2.54. The van der Waals surface area contributed by atoms with Gasteiger partial charge < -0.3 is 9.47 Å². The first-order valence-corrected chi connectivity index (χ1v) is 9.50. The fraction of sp³-hybridized carbons (Fsp3) is 0.895. The molecule has 0 saturated carbocycles. The van der Waals surface area contributed by atoms with Crippen LogP contribution in [0.5, 0.6) is 0 Å². The Morgan fingerprint density at radius 3 is 2.04 bits per heavy atom. The number of carbonyl (C=O) groups is 2. The maximum absolute atomic E-state index is 12.3. The van der Waals surface area contributed by atoms with E-state index < -0.39 is 12.1 Å². The van der Waals surface area contributed by atoms with Crippen molar-refractivity contribution in [1.29, 1.82) is 0 Å². The molecule has 0 aromatic heterocycles. The van der Waals surface area contributed by atoms with Crippen molar-refractivity contribution in [3.63, 3.8) is 0 Å². The van der Waals surface area contributed by atoms with Crippen LogP contribution < -0.4 is 0 Å². The number of likely N-dealkylation sites (N-methyl/N-ethyl adjacent to an activating group) is 1. The van der Waals surface area contributed by atoms with E-state index in [2.05, 4.69) is 6.92 Å². The number of amides is 1. The fourth-order valence-electron chi connectivity index (χ4n) is 2.54. The number of rotatable bonds is 13. The molecule has 0 aliphatic carbocycles. The molecular formula is C19H37NO4. The Balaban J connectivity index is 4.19. The van der Waals surface area contributed by atoms with Crippen molar-refractivity contribution in [3.8, 4) is 0 Å². The van der Waals surface area contributed by atoms with Gasteiger partial charge in [0.05, 0.1) is 13.2 Å². The van der Waals surface area contributed by atoms with Crippen molar-refractivity contribution < 1.29 is 19.1 Å². The molecule has 24 heavy (non-hydrogen) atoms. The highest BCUT2D eigenvalue weighted by atomic mass is 16.6. The lowest BCUT2D eigenvalue weighted by Crippen LogP contribution is -2.44. The molecule has 0 fully saturated rings. The Morgan fingerprint density at radius 2 is 1.50 bits per heavy atom. The van der Waals surface area contributed by atoms with Crippen LogP contribution in [-0.4, -0.2) is 43.3 Å². The zero-order valence-electron chi connectivity index (χ0n) is 16.3. The third kappa shape index (κ3) is 10.5. The first-order chi connectivity index (χ1) is 11.4. The average molecular weight is 344 g/mol. The monoisotopic (exact) mass is 343 g/mol. The number of hydrogen-bond donors (Lipinski definition) is 0. The Kier molecular flexibility index (Phi) is 13.4. The molecular weight excluding hydrogens is 306 g/mol. The van der Waals surface area contributed by atoms with Crippen LogP contribution in [0.3, 0.4) is 0 Å². The maximum Gasteiger partial charge on any atom is 0.410 e. The molecule has 0 spiro atoms. The Bertz CT molecular complexity index is 344. The SMILES string of the molecule is CCCCCCCCCOC(=O)C(CC(C)C)N(C)C(=O)OCC. The van der Waals surface area contributed by atoms with Crippen LogP contribution >= 0.6 is 0 Å². The number of carbonyl (C=O) groups excluding carboxylic acids is 2. The maximum atomic E-state index is 12.3. The normalized spacial score (nSPS) is 12.1. The van der Waals surface area contributed by atoms with Crippen LogP contribution in [-0.2, 0) is 14.3 Å². The third-order valence-electron chi connectivity index (χ3n) is 3.98. The summed E-state index contributed by atoms with van der Waals surface area (Å²) in [7, 11) is 1.60. The molecule has 0 aliphatic heterocycles. The second-order valence-electron chi connectivity index (χ2n) is 6.74. The molecule has 0 heterocycles. The first-order valence-electron chi connectivity index (χ1n) is 9.50. The van der Waals surface area contributed by atoms with Gasteiger partial charge in [-0.15, -0.1) is 0 Å². The van der Waals surface area contributed by atoms with Gasteiger partial charge in [0, 0.05) is 7.05 Å². The molecule has 0 bridgehead atoms. The summed E-state index contributed by atoms with van der Waals surface area (Å²) in [6, 6.07) is -0.575. The van der Waals surface area contributed by atoms with Crippen molar-refractivity contribution >= 4 is 12.1 Å². The molecule has 0 N–H and O–H groups in total. The lowest BCUT2D eigenvalue weighted by Gasteiger charge is -2.27. The van der Waals surface area contributed by atoms with E-state index in [0.717, 1.165) is 12.8 Å². The largest absolute Gasteiger partial charge is 0.464 e. The lowest BCUT2D eigenvalue weighted by molar-refractivity contribution is -0.149. The molecule has 0 radical (unpaired) electrons. The van der Waals surface area contributed by atoms with Crippen molar-refractivity contribution in [2.45, 2.75) is 85.1 Å². The molecule has 0 saturated heterocycles. The van der Waals surface area contributed by atoms with E-state index in [1.54, 1.807) is 14.0 Å². The van der Waals surface area contributed by atoms with E-state index in [1.807, 2.05) is 13.8 Å². The van der Waals surface area contributed by atoms with Crippen molar-refractivity contribution in [1.82, 2.24) is 4.90 Å². The summed E-state index contributed by atoms with van der Waals surface area (Å²) in [6.07, 6.45) is 8.35. The van der Waals surface area contributed by atoms with Gasteiger partial charge in [-0.05, 0) is 25.7 Å². The van der Waals surface area contributed by atoms with E-state index in [1.165, 1.54) is 37.0 Å². The summed E-state index contributed by atoms with van der Waals surface area (Å²) in [4.78, 5) is 25.6. The van der Waals surface area contributed by atoms with Gasteiger partial charge in [0.2, 0.25) is 0 Å². The smallest absolute Gasteiger partial charge is 0.410 e. The summed E-state index contributed by atoms with van der Waals surface area (Å²) in [6.45, 7) is 8.73. The Labute approximate surface area is 148 Å². The highest BCUT2D eigenvalue weighted by Crippen LogP contribution is 2.14. The first kappa shape index (κ1) is 22.7. The average Bonchev–Trinajstić information content (AvgIpc) is 2.54. The minimum atomic E-state index is -0.575. The van der Waals surface area contributed by atoms with E-state index in [0.29, 0.717) is 19.6 Å². The van der Waals surface area contributed by atoms with Crippen LogP contribution in [0, 0.1) is 5.92 Å². The second kappa shape index (κ2) is 14.1. The minimum absolute atomic E-state index is 0.290. The topological polar surface area (TPSA) is 55.8 Å². The Hall–Kier alpha value is -1.26. The number of unbranched alkanes of at least 4 members (excludes halogenated alkanes) is 6. The van der Waals surface area contributed by atoms with E-state index in [4.69, 9.17) is 9.47 Å². The quantitative estimate of drug-likeness (QED) is 0.356. The minimum Gasteiger partial charge on any atom is -0.464 e. The van der Waals surface area contributed by atoms with E-state index in [9.17, 15) is 9.59 Å². The van der Waals surface area contributed by atoms with E-state index >= 15 is 0 Å². The standard InChI is InChI=1S/C19H37NO4/c1-6-8-9-10-11-12-13-14-24-18(21)17(15-16(3)4)20(5)19(22)23-7-2/h16-17H,6-15H2,1-5H3. The highest BCUT2D eigenvalue weighted by molar-refractivity contribution is 5.81. The molecule has 1 unspecified atom stereocenters. The zero-order valence-corrected chi connectivity index (χ0v) is 16.3. The van der Waals surface area contributed by atoms with Gasteiger partial charge in [0.15, 0.2) is 0 Å². The molecule has 142 valence electrons. The Morgan fingerprint density at radius 1 is 0.917 bits per heavy atom. The van der Waals surface area contributed by atoms with Crippen molar-refractivity contribution in [2.75, 3.05) is 20.3 Å².